The molecule has 0 unspecified atom stereocenters. The van der Waals surface area contributed by atoms with Crippen LogP contribution in [0.1, 0.15) is 25.0 Å². The maximum Gasteiger partial charge on any atom is 0.231 e. The Hall–Kier alpha value is -2.37. The third-order valence-corrected chi connectivity index (χ3v) is 3.39. The fourth-order valence-electron chi connectivity index (χ4n) is 2.09. The molecule has 0 bridgehead atoms. The Bertz CT molecular complexity index is 594. The summed E-state index contributed by atoms with van der Waals surface area (Å²) in [7, 11) is 0. The molecule has 2 aromatic rings. The van der Waals surface area contributed by atoms with E-state index < -0.39 is 0 Å². The van der Waals surface area contributed by atoms with Gasteiger partial charge in [-0.2, -0.15) is 15.0 Å². The molecule has 1 aromatic heterocycles. The summed E-state index contributed by atoms with van der Waals surface area (Å²) >= 11 is 0. The average Bonchev–Trinajstić information content (AvgIpc) is 2.47. The van der Waals surface area contributed by atoms with E-state index in [4.69, 9.17) is 5.73 Å². The molecule has 1 aromatic carbocycles. The summed E-state index contributed by atoms with van der Waals surface area (Å²) < 4.78 is 0. The van der Waals surface area contributed by atoms with Crippen LogP contribution in [-0.4, -0.2) is 28.0 Å². The van der Waals surface area contributed by atoms with Gasteiger partial charge in [-0.15, -0.1) is 0 Å². The molecule has 112 valence electrons. The predicted octanol–water partition coefficient (Wildman–Crippen LogP) is 2.22. The molecule has 6 heteroatoms. The van der Waals surface area contributed by atoms with Crippen LogP contribution in [0.15, 0.2) is 24.3 Å². The van der Waals surface area contributed by atoms with Crippen LogP contribution in [0.4, 0.5) is 17.8 Å². The molecule has 0 aliphatic heterocycles. The standard InChI is InChI=1S/C15H22N6/c1-4-21(5-2)15-19-13(16)18-14(20-15)17-10-12-9-7-6-8-11(12)3/h6-9H,4-5,10H2,1-3H3,(H3,16,17,18,19,20). The maximum absolute atomic E-state index is 5.78. The van der Waals surface area contributed by atoms with Crippen molar-refractivity contribution in [3.05, 3.63) is 35.4 Å². The van der Waals surface area contributed by atoms with E-state index >= 15 is 0 Å². The monoisotopic (exact) mass is 286 g/mol. The summed E-state index contributed by atoms with van der Waals surface area (Å²) in [6.45, 7) is 8.52. The van der Waals surface area contributed by atoms with Crippen molar-refractivity contribution in [3.63, 3.8) is 0 Å². The molecule has 0 spiro atoms. The lowest BCUT2D eigenvalue weighted by Crippen LogP contribution is -2.25. The molecule has 2 rings (SSSR count). The smallest absolute Gasteiger partial charge is 0.231 e. The zero-order chi connectivity index (χ0) is 15.2. The van der Waals surface area contributed by atoms with Crippen molar-refractivity contribution >= 4 is 17.8 Å². The van der Waals surface area contributed by atoms with Gasteiger partial charge >= 0.3 is 0 Å². The van der Waals surface area contributed by atoms with Gasteiger partial charge in [0.2, 0.25) is 17.8 Å². The third kappa shape index (κ3) is 3.81. The van der Waals surface area contributed by atoms with Crippen molar-refractivity contribution in [3.8, 4) is 0 Å². The van der Waals surface area contributed by atoms with Gasteiger partial charge in [-0.25, -0.2) is 0 Å². The molecule has 0 atom stereocenters. The summed E-state index contributed by atoms with van der Waals surface area (Å²) in [5, 5.41) is 3.22. The summed E-state index contributed by atoms with van der Waals surface area (Å²) in [4.78, 5) is 14.8. The van der Waals surface area contributed by atoms with Gasteiger partial charge < -0.3 is 16.0 Å². The molecular weight excluding hydrogens is 264 g/mol. The van der Waals surface area contributed by atoms with E-state index in [0.717, 1.165) is 13.1 Å². The van der Waals surface area contributed by atoms with E-state index in [-0.39, 0.29) is 5.95 Å². The number of nitrogens with one attached hydrogen (secondary N) is 1. The molecule has 6 nitrogen and oxygen atoms in total. The lowest BCUT2D eigenvalue weighted by atomic mass is 10.1. The van der Waals surface area contributed by atoms with E-state index in [9.17, 15) is 0 Å². The molecule has 0 amide bonds. The Balaban J connectivity index is 2.15. The second kappa shape index (κ2) is 6.88. The highest BCUT2D eigenvalue weighted by molar-refractivity contribution is 5.42. The SMILES string of the molecule is CCN(CC)c1nc(N)nc(NCc2ccccc2C)n1. The Morgan fingerprint density at radius 1 is 1.10 bits per heavy atom. The second-order valence-electron chi connectivity index (χ2n) is 4.77. The Morgan fingerprint density at radius 3 is 2.48 bits per heavy atom. The van der Waals surface area contributed by atoms with Gasteiger partial charge in [0.15, 0.2) is 0 Å². The summed E-state index contributed by atoms with van der Waals surface area (Å²) in [6.07, 6.45) is 0. The number of hydrogen-bond donors (Lipinski definition) is 2. The lowest BCUT2D eigenvalue weighted by Gasteiger charge is -2.19. The van der Waals surface area contributed by atoms with Crippen LogP contribution < -0.4 is 16.0 Å². The number of aromatic nitrogens is 3. The van der Waals surface area contributed by atoms with Crippen molar-refractivity contribution < 1.29 is 0 Å². The van der Waals surface area contributed by atoms with Crippen LogP contribution in [0, 0.1) is 6.92 Å². The molecule has 3 N–H and O–H groups in total. The Kier molecular flexibility index (Phi) is 4.92. The van der Waals surface area contributed by atoms with Gasteiger partial charge in [0, 0.05) is 19.6 Å². The van der Waals surface area contributed by atoms with Crippen LogP contribution in [0.5, 0.6) is 0 Å². The first kappa shape index (κ1) is 15.0. The van der Waals surface area contributed by atoms with Crippen molar-refractivity contribution in [2.75, 3.05) is 29.0 Å². The van der Waals surface area contributed by atoms with Crippen LogP contribution in [0.25, 0.3) is 0 Å². The van der Waals surface area contributed by atoms with Crippen LogP contribution in [-0.2, 0) is 6.54 Å². The predicted molar refractivity (Wildman–Crippen MR) is 86.3 cm³/mol. The van der Waals surface area contributed by atoms with Crippen LogP contribution in [0.2, 0.25) is 0 Å². The fourth-order valence-corrected chi connectivity index (χ4v) is 2.09. The van der Waals surface area contributed by atoms with Crippen molar-refractivity contribution in [2.24, 2.45) is 0 Å². The maximum atomic E-state index is 5.78. The summed E-state index contributed by atoms with van der Waals surface area (Å²) in [5.74, 6) is 1.35. The molecular formula is C15H22N6. The van der Waals surface area contributed by atoms with Gasteiger partial charge in [0.1, 0.15) is 0 Å². The largest absolute Gasteiger partial charge is 0.368 e. The third-order valence-electron chi connectivity index (χ3n) is 3.39. The number of anilines is 3. The molecule has 0 aliphatic carbocycles. The van der Waals surface area contributed by atoms with Crippen molar-refractivity contribution in [1.82, 2.24) is 15.0 Å². The number of hydrogen-bond acceptors (Lipinski definition) is 6. The summed E-state index contributed by atoms with van der Waals surface area (Å²) in [6, 6.07) is 8.21. The van der Waals surface area contributed by atoms with Crippen LogP contribution >= 0.6 is 0 Å². The molecule has 0 aliphatic rings. The van der Waals surface area contributed by atoms with Gasteiger partial charge in [0.05, 0.1) is 0 Å². The molecule has 0 saturated carbocycles. The Morgan fingerprint density at radius 2 is 1.81 bits per heavy atom. The highest BCUT2D eigenvalue weighted by Gasteiger charge is 2.09. The minimum absolute atomic E-state index is 0.235. The number of nitrogens with two attached hydrogens (primary N) is 1. The topological polar surface area (TPSA) is 80.0 Å². The molecule has 1 heterocycles. The number of aryl methyl sites for hydroxylation is 1. The van der Waals surface area contributed by atoms with Gasteiger partial charge in [-0.05, 0) is 31.9 Å². The van der Waals surface area contributed by atoms with E-state index in [1.165, 1.54) is 11.1 Å². The summed E-state index contributed by atoms with van der Waals surface area (Å²) in [5.41, 5.74) is 8.22. The normalized spacial score (nSPS) is 10.4. The number of rotatable bonds is 6. The molecule has 21 heavy (non-hydrogen) atoms. The first-order valence-electron chi connectivity index (χ1n) is 7.19. The first-order chi connectivity index (χ1) is 10.1. The van der Waals surface area contributed by atoms with E-state index in [1.54, 1.807) is 0 Å². The van der Waals surface area contributed by atoms with Crippen molar-refractivity contribution in [1.29, 1.82) is 0 Å². The minimum Gasteiger partial charge on any atom is -0.368 e. The number of nitrogens with zero attached hydrogens (tertiary/aromatic N) is 4. The molecule has 0 fully saturated rings. The van der Waals surface area contributed by atoms with Gasteiger partial charge in [0.25, 0.3) is 0 Å². The highest BCUT2D eigenvalue weighted by atomic mass is 15.3. The van der Waals surface area contributed by atoms with Gasteiger partial charge in [-0.3, -0.25) is 0 Å². The zero-order valence-corrected chi connectivity index (χ0v) is 12.8. The highest BCUT2D eigenvalue weighted by Crippen LogP contribution is 2.13. The quantitative estimate of drug-likeness (QED) is 0.847. The lowest BCUT2D eigenvalue weighted by molar-refractivity contribution is 0.814. The molecule has 0 saturated heterocycles. The van der Waals surface area contributed by atoms with Gasteiger partial charge in [-0.1, -0.05) is 24.3 Å². The minimum atomic E-state index is 0.235. The first-order valence-corrected chi connectivity index (χ1v) is 7.19. The van der Waals surface area contributed by atoms with E-state index in [0.29, 0.717) is 18.4 Å². The van der Waals surface area contributed by atoms with Crippen LogP contribution in [0.3, 0.4) is 0 Å². The molecule has 0 radical (unpaired) electrons. The van der Waals surface area contributed by atoms with E-state index in [1.807, 2.05) is 17.0 Å². The fraction of sp³-hybridized carbons (Fsp3) is 0.400. The zero-order valence-electron chi connectivity index (χ0n) is 12.8. The number of benzene rings is 1. The van der Waals surface area contributed by atoms with Crippen molar-refractivity contribution in [2.45, 2.75) is 27.3 Å². The number of nitrogen functional groups attached to an aromatic ring is 1. The second-order valence-corrected chi connectivity index (χ2v) is 4.77. The van der Waals surface area contributed by atoms with E-state index in [2.05, 4.69) is 53.2 Å². The Labute approximate surface area is 125 Å². The average molecular weight is 286 g/mol.